The second-order valence-electron chi connectivity index (χ2n) is 7.00. The van der Waals surface area contributed by atoms with Crippen molar-refractivity contribution in [1.29, 1.82) is 0 Å². The van der Waals surface area contributed by atoms with E-state index in [0.717, 1.165) is 31.8 Å². The fourth-order valence-corrected chi connectivity index (χ4v) is 3.83. The fourth-order valence-electron chi connectivity index (χ4n) is 3.83. The van der Waals surface area contributed by atoms with E-state index in [1.165, 1.54) is 25.0 Å². The van der Waals surface area contributed by atoms with Gasteiger partial charge in [0.1, 0.15) is 0 Å². The summed E-state index contributed by atoms with van der Waals surface area (Å²) < 4.78 is 38.6. The molecular formula is C18H23F3N2O2. The predicted octanol–water partition coefficient (Wildman–Crippen LogP) is 2.48. The highest BCUT2D eigenvalue weighted by atomic mass is 19.4. The molecule has 2 heterocycles. The number of carbonyl (C=O) groups is 1. The number of rotatable bonds is 4. The summed E-state index contributed by atoms with van der Waals surface area (Å²) in [5.41, 5.74) is -0.766. The van der Waals surface area contributed by atoms with Gasteiger partial charge in [0.2, 0.25) is 0 Å². The minimum atomic E-state index is -4.47. The molecule has 3 rings (SSSR count). The molecule has 1 aromatic carbocycles. The van der Waals surface area contributed by atoms with E-state index in [0.29, 0.717) is 13.1 Å². The maximum absolute atomic E-state index is 12.9. The van der Waals surface area contributed by atoms with Crippen molar-refractivity contribution in [2.45, 2.75) is 19.0 Å². The summed E-state index contributed by atoms with van der Waals surface area (Å²) in [7, 11) is 0. The summed E-state index contributed by atoms with van der Waals surface area (Å²) in [5, 5.41) is 9.63. The number of carbonyl (C=O) groups excluding carboxylic acids is 1. The monoisotopic (exact) mass is 356 g/mol. The molecule has 1 N–H and O–H groups in total. The first-order valence-corrected chi connectivity index (χ1v) is 8.68. The first-order valence-electron chi connectivity index (χ1n) is 8.68. The third kappa shape index (κ3) is 4.15. The molecule has 138 valence electrons. The Morgan fingerprint density at radius 3 is 2.48 bits per heavy atom. The number of nitrogens with zero attached hydrogens (tertiary/aromatic N) is 2. The Hall–Kier alpha value is -1.60. The number of likely N-dealkylation sites (tertiary alicyclic amines) is 2. The van der Waals surface area contributed by atoms with Crippen molar-refractivity contribution in [3.63, 3.8) is 0 Å². The number of halogens is 3. The lowest BCUT2D eigenvalue weighted by atomic mass is 9.96. The number of aliphatic hydroxyl groups is 1. The van der Waals surface area contributed by atoms with Crippen LogP contribution in [0.2, 0.25) is 0 Å². The van der Waals surface area contributed by atoms with Crippen LogP contribution in [0.5, 0.6) is 0 Å². The van der Waals surface area contributed by atoms with E-state index in [4.69, 9.17) is 0 Å². The summed E-state index contributed by atoms with van der Waals surface area (Å²) in [6, 6.07) is 4.55. The van der Waals surface area contributed by atoms with Crippen molar-refractivity contribution in [3.05, 3.63) is 35.4 Å². The molecule has 1 amide bonds. The Bertz CT molecular complexity index is 615. The number of amides is 1. The zero-order valence-corrected chi connectivity index (χ0v) is 14.0. The third-order valence-electron chi connectivity index (χ3n) is 5.23. The Morgan fingerprint density at radius 1 is 1.16 bits per heavy atom. The lowest BCUT2D eigenvalue weighted by molar-refractivity contribution is -0.137. The number of benzene rings is 1. The number of alkyl halides is 3. The van der Waals surface area contributed by atoms with Gasteiger partial charge in [-0.1, -0.05) is 6.07 Å². The van der Waals surface area contributed by atoms with Crippen LogP contribution in [0.1, 0.15) is 28.8 Å². The van der Waals surface area contributed by atoms with Gasteiger partial charge >= 0.3 is 6.18 Å². The van der Waals surface area contributed by atoms with Crippen molar-refractivity contribution in [2.24, 2.45) is 11.8 Å². The molecule has 0 aliphatic carbocycles. The summed E-state index contributed by atoms with van der Waals surface area (Å²) in [5.74, 6) is -0.248. The Kier molecular flexibility index (Phi) is 5.34. The van der Waals surface area contributed by atoms with E-state index in [1.807, 2.05) is 0 Å². The molecule has 0 aromatic heterocycles. The molecule has 2 aliphatic heterocycles. The zero-order valence-electron chi connectivity index (χ0n) is 14.0. The van der Waals surface area contributed by atoms with Crippen LogP contribution < -0.4 is 0 Å². The van der Waals surface area contributed by atoms with E-state index in [-0.39, 0.29) is 24.0 Å². The van der Waals surface area contributed by atoms with Crippen LogP contribution in [-0.2, 0) is 6.18 Å². The fraction of sp³-hybridized carbons (Fsp3) is 0.611. The van der Waals surface area contributed by atoms with Gasteiger partial charge in [-0.15, -0.1) is 0 Å². The molecule has 2 saturated heterocycles. The van der Waals surface area contributed by atoms with Crippen LogP contribution in [-0.4, -0.2) is 60.1 Å². The van der Waals surface area contributed by atoms with Crippen LogP contribution in [0.3, 0.4) is 0 Å². The second-order valence-corrected chi connectivity index (χ2v) is 7.00. The predicted molar refractivity (Wildman–Crippen MR) is 87.1 cm³/mol. The lowest BCUT2D eigenvalue weighted by Gasteiger charge is -2.23. The number of hydrogen-bond acceptors (Lipinski definition) is 3. The Morgan fingerprint density at radius 2 is 1.84 bits per heavy atom. The van der Waals surface area contributed by atoms with Gasteiger partial charge in [-0.2, -0.15) is 13.2 Å². The van der Waals surface area contributed by atoms with Crippen molar-refractivity contribution >= 4 is 5.91 Å². The largest absolute Gasteiger partial charge is 0.416 e. The molecule has 2 fully saturated rings. The van der Waals surface area contributed by atoms with Gasteiger partial charge in [0, 0.05) is 37.7 Å². The molecule has 4 nitrogen and oxygen atoms in total. The molecule has 2 aliphatic rings. The van der Waals surface area contributed by atoms with E-state index < -0.39 is 17.6 Å². The highest BCUT2D eigenvalue weighted by molar-refractivity contribution is 5.94. The first kappa shape index (κ1) is 18.2. The SMILES string of the molecule is O=C(c1cccc(C(F)(F)F)c1)N1C[C@@H](CN2CCCC2)[C@@H](CO)C1. The van der Waals surface area contributed by atoms with Gasteiger partial charge in [-0.05, 0) is 50.0 Å². The van der Waals surface area contributed by atoms with Crippen LogP contribution in [0.25, 0.3) is 0 Å². The Balaban J connectivity index is 1.70. The normalized spacial score (nSPS) is 24.9. The molecular weight excluding hydrogens is 333 g/mol. The summed E-state index contributed by atoms with van der Waals surface area (Å²) in [4.78, 5) is 16.6. The highest BCUT2D eigenvalue weighted by Crippen LogP contribution is 2.31. The van der Waals surface area contributed by atoms with Gasteiger partial charge < -0.3 is 14.9 Å². The second kappa shape index (κ2) is 7.33. The first-order chi connectivity index (χ1) is 11.9. The van der Waals surface area contributed by atoms with Crippen molar-refractivity contribution in [1.82, 2.24) is 9.80 Å². The minimum absolute atomic E-state index is 0.00905. The molecule has 1 aromatic rings. The topological polar surface area (TPSA) is 43.8 Å². The van der Waals surface area contributed by atoms with Crippen LogP contribution >= 0.6 is 0 Å². The van der Waals surface area contributed by atoms with Crippen molar-refractivity contribution in [2.75, 3.05) is 39.3 Å². The standard InChI is InChI=1S/C18H23F3N2O2/c19-18(20,21)16-5-3-4-13(8-16)17(25)23-10-14(15(11-23)12-24)9-22-6-1-2-7-22/h3-5,8,14-15,24H,1-2,6-7,9-12H2/t14-,15-/m1/s1. The van der Waals surface area contributed by atoms with Crippen LogP contribution in [0, 0.1) is 11.8 Å². The smallest absolute Gasteiger partial charge is 0.396 e. The third-order valence-corrected chi connectivity index (χ3v) is 5.23. The average Bonchev–Trinajstić information content (AvgIpc) is 3.23. The van der Waals surface area contributed by atoms with Gasteiger partial charge in [0.05, 0.1) is 5.56 Å². The van der Waals surface area contributed by atoms with Gasteiger partial charge in [0.15, 0.2) is 0 Å². The van der Waals surface area contributed by atoms with Crippen molar-refractivity contribution < 1.29 is 23.1 Å². The van der Waals surface area contributed by atoms with E-state index in [2.05, 4.69) is 4.90 Å². The summed E-state index contributed by atoms with van der Waals surface area (Å²) >= 11 is 0. The zero-order chi connectivity index (χ0) is 18.0. The van der Waals surface area contributed by atoms with Gasteiger partial charge in [-0.3, -0.25) is 4.79 Å². The molecule has 0 bridgehead atoms. The average molecular weight is 356 g/mol. The molecule has 0 saturated carbocycles. The summed E-state index contributed by atoms with van der Waals surface area (Å²) in [6.07, 6.45) is -2.12. The molecule has 2 atom stereocenters. The van der Waals surface area contributed by atoms with E-state index >= 15 is 0 Å². The maximum atomic E-state index is 12.9. The molecule has 0 radical (unpaired) electrons. The molecule has 7 heteroatoms. The lowest BCUT2D eigenvalue weighted by Crippen LogP contribution is -2.32. The van der Waals surface area contributed by atoms with Crippen LogP contribution in [0.15, 0.2) is 24.3 Å². The number of aliphatic hydroxyl groups excluding tert-OH is 1. The molecule has 25 heavy (non-hydrogen) atoms. The van der Waals surface area contributed by atoms with Gasteiger partial charge in [0.25, 0.3) is 5.91 Å². The molecule has 0 unspecified atom stereocenters. The number of hydrogen-bond donors (Lipinski definition) is 1. The summed E-state index contributed by atoms with van der Waals surface area (Å²) in [6.45, 7) is 3.77. The Labute approximate surface area is 145 Å². The molecule has 0 spiro atoms. The minimum Gasteiger partial charge on any atom is -0.396 e. The van der Waals surface area contributed by atoms with Gasteiger partial charge in [-0.25, -0.2) is 0 Å². The highest BCUT2D eigenvalue weighted by Gasteiger charge is 2.37. The van der Waals surface area contributed by atoms with E-state index in [9.17, 15) is 23.1 Å². The maximum Gasteiger partial charge on any atom is 0.416 e. The van der Waals surface area contributed by atoms with E-state index in [1.54, 1.807) is 4.90 Å². The van der Waals surface area contributed by atoms with Crippen LogP contribution in [0.4, 0.5) is 13.2 Å². The van der Waals surface area contributed by atoms with Crippen molar-refractivity contribution in [3.8, 4) is 0 Å². The quantitative estimate of drug-likeness (QED) is 0.901.